The van der Waals surface area contributed by atoms with Crippen LogP contribution in [0.1, 0.15) is 5.56 Å². The van der Waals surface area contributed by atoms with Crippen LogP contribution in [-0.2, 0) is 7.05 Å². The molecule has 1 heterocycles. The van der Waals surface area contributed by atoms with Gasteiger partial charge in [0.2, 0.25) is 0 Å². The molecule has 0 bridgehead atoms. The van der Waals surface area contributed by atoms with Crippen LogP contribution in [0.3, 0.4) is 0 Å². The Kier molecular flexibility index (Phi) is 3.57. The fraction of sp³-hybridized carbons (Fsp3) is 0.0625. The Hall–Kier alpha value is -2.41. The van der Waals surface area contributed by atoms with Crippen molar-refractivity contribution in [3.05, 3.63) is 64.6 Å². The molecule has 0 radical (unpaired) electrons. The SMILES string of the molecule is Cn1c(=O)cnc2ccc([Se]c3ccc(C#N)cc3)cc21. The molecule has 21 heavy (non-hydrogen) atoms. The molecule has 0 spiro atoms. The zero-order chi connectivity index (χ0) is 14.8. The van der Waals surface area contributed by atoms with Crippen molar-refractivity contribution in [1.82, 2.24) is 9.55 Å². The number of hydrogen-bond donors (Lipinski definition) is 0. The summed E-state index contributed by atoms with van der Waals surface area (Å²) in [6, 6.07) is 15.7. The maximum absolute atomic E-state index is 11.6. The van der Waals surface area contributed by atoms with E-state index in [-0.39, 0.29) is 20.5 Å². The molecule has 0 amide bonds. The van der Waals surface area contributed by atoms with E-state index in [0.717, 1.165) is 11.0 Å². The molecule has 0 saturated heterocycles. The molecule has 0 unspecified atom stereocenters. The molecule has 0 aliphatic carbocycles. The molecule has 102 valence electrons. The van der Waals surface area contributed by atoms with Crippen molar-refractivity contribution in [2.24, 2.45) is 7.05 Å². The van der Waals surface area contributed by atoms with Gasteiger partial charge in [-0.15, -0.1) is 0 Å². The van der Waals surface area contributed by atoms with Gasteiger partial charge in [-0.2, -0.15) is 0 Å². The van der Waals surface area contributed by atoms with Crippen molar-refractivity contribution in [3.63, 3.8) is 0 Å². The standard InChI is InChI=1S/C16H11N3OSe/c1-19-15-8-13(6-7-14(15)18-10-16(19)20)21-12-4-2-11(9-17)3-5-12/h2-8,10H,1H3. The molecule has 0 fully saturated rings. The van der Waals surface area contributed by atoms with E-state index in [1.54, 1.807) is 11.6 Å². The normalized spacial score (nSPS) is 10.5. The van der Waals surface area contributed by atoms with Gasteiger partial charge in [0.1, 0.15) is 0 Å². The third kappa shape index (κ3) is 2.73. The fourth-order valence-corrected chi connectivity index (χ4v) is 3.79. The summed E-state index contributed by atoms with van der Waals surface area (Å²) < 4.78 is 3.97. The Morgan fingerprint density at radius 2 is 1.86 bits per heavy atom. The third-order valence-electron chi connectivity index (χ3n) is 3.17. The number of benzene rings is 2. The molecular formula is C16H11N3OSe. The van der Waals surface area contributed by atoms with E-state index in [1.807, 2.05) is 42.5 Å². The second kappa shape index (κ2) is 5.53. The van der Waals surface area contributed by atoms with Crippen molar-refractivity contribution in [1.29, 1.82) is 5.26 Å². The minimum atomic E-state index is -0.106. The van der Waals surface area contributed by atoms with Crippen LogP contribution in [0, 0.1) is 11.3 Å². The molecule has 2 aromatic carbocycles. The monoisotopic (exact) mass is 341 g/mol. The second-order valence-corrected chi connectivity index (χ2v) is 6.95. The summed E-state index contributed by atoms with van der Waals surface area (Å²) >= 11 is 0.133. The summed E-state index contributed by atoms with van der Waals surface area (Å²) in [4.78, 5) is 15.8. The van der Waals surface area contributed by atoms with E-state index in [0.29, 0.717) is 5.56 Å². The predicted molar refractivity (Wildman–Crippen MR) is 83.2 cm³/mol. The first-order valence-corrected chi connectivity index (χ1v) is 8.02. The Balaban J connectivity index is 1.99. The van der Waals surface area contributed by atoms with E-state index in [9.17, 15) is 4.79 Å². The van der Waals surface area contributed by atoms with Gasteiger partial charge in [-0.05, 0) is 0 Å². The van der Waals surface area contributed by atoms with Crippen LogP contribution in [0.15, 0.2) is 53.5 Å². The number of nitrogens with zero attached hydrogens (tertiary/aromatic N) is 3. The molecular weight excluding hydrogens is 329 g/mol. The summed E-state index contributed by atoms with van der Waals surface area (Å²) in [6.07, 6.45) is 1.34. The van der Waals surface area contributed by atoms with Crippen molar-refractivity contribution >= 4 is 34.9 Å². The average Bonchev–Trinajstić information content (AvgIpc) is 2.52. The Labute approximate surface area is 127 Å². The number of rotatable bonds is 2. The Bertz CT molecular complexity index is 907. The van der Waals surface area contributed by atoms with Crippen LogP contribution < -0.4 is 14.5 Å². The average molecular weight is 340 g/mol. The molecule has 0 aliphatic heterocycles. The third-order valence-corrected chi connectivity index (χ3v) is 5.26. The van der Waals surface area contributed by atoms with Crippen molar-refractivity contribution in [3.8, 4) is 6.07 Å². The Morgan fingerprint density at radius 3 is 2.57 bits per heavy atom. The van der Waals surface area contributed by atoms with E-state index in [2.05, 4.69) is 11.1 Å². The van der Waals surface area contributed by atoms with E-state index < -0.39 is 0 Å². The summed E-state index contributed by atoms with van der Waals surface area (Å²) in [5.41, 5.74) is 2.22. The van der Waals surface area contributed by atoms with Gasteiger partial charge < -0.3 is 0 Å². The number of fused-ring (bicyclic) bond motifs is 1. The molecule has 3 aromatic rings. The fourth-order valence-electron chi connectivity index (χ4n) is 2.01. The molecule has 0 atom stereocenters. The maximum atomic E-state index is 11.6. The van der Waals surface area contributed by atoms with Crippen molar-refractivity contribution < 1.29 is 0 Å². The zero-order valence-corrected chi connectivity index (χ0v) is 13.0. The van der Waals surface area contributed by atoms with Gasteiger partial charge in [-0.1, -0.05) is 0 Å². The van der Waals surface area contributed by atoms with Crippen molar-refractivity contribution in [2.45, 2.75) is 0 Å². The summed E-state index contributed by atoms with van der Waals surface area (Å²) in [6.45, 7) is 0. The van der Waals surface area contributed by atoms with Gasteiger partial charge in [0.25, 0.3) is 0 Å². The summed E-state index contributed by atoms with van der Waals surface area (Å²) in [7, 11) is 1.75. The van der Waals surface area contributed by atoms with Gasteiger partial charge >= 0.3 is 127 Å². The van der Waals surface area contributed by atoms with Gasteiger partial charge in [0.05, 0.1) is 0 Å². The molecule has 0 saturated carbocycles. The van der Waals surface area contributed by atoms with Crippen molar-refractivity contribution in [2.75, 3.05) is 0 Å². The first kappa shape index (κ1) is 13.6. The van der Waals surface area contributed by atoms with Crippen LogP contribution in [0.2, 0.25) is 0 Å². The van der Waals surface area contributed by atoms with Crippen LogP contribution in [-0.4, -0.2) is 24.5 Å². The molecule has 5 heteroatoms. The quantitative estimate of drug-likeness (QED) is 0.637. The molecule has 0 aliphatic rings. The first-order valence-electron chi connectivity index (χ1n) is 6.31. The molecule has 0 N–H and O–H groups in total. The first-order chi connectivity index (χ1) is 10.2. The second-order valence-electron chi connectivity index (χ2n) is 4.54. The number of aromatic nitrogens is 2. The van der Waals surface area contributed by atoms with E-state index in [4.69, 9.17) is 5.26 Å². The van der Waals surface area contributed by atoms with Crippen LogP contribution >= 0.6 is 0 Å². The van der Waals surface area contributed by atoms with Crippen LogP contribution in [0.5, 0.6) is 0 Å². The van der Waals surface area contributed by atoms with Crippen LogP contribution in [0.25, 0.3) is 11.0 Å². The number of aryl methyl sites for hydroxylation is 1. The minimum absolute atomic E-state index is 0.106. The predicted octanol–water partition coefficient (Wildman–Crippen LogP) is 0.460. The molecule has 3 rings (SSSR count). The van der Waals surface area contributed by atoms with Gasteiger partial charge in [-0.25, -0.2) is 0 Å². The van der Waals surface area contributed by atoms with Gasteiger partial charge in [-0.3, -0.25) is 0 Å². The van der Waals surface area contributed by atoms with Gasteiger partial charge in [0, 0.05) is 0 Å². The number of nitriles is 1. The van der Waals surface area contributed by atoms with E-state index >= 15 is 0 Å². The topological polar surface area (TPSA) is 58.7 Å². The van der Waals surface area contributed by atoms with E-state index in [1.165, 1.54) is 15.1 Å². The van der Waals surface area contributed by atoms with Gasteiger partial charge in [0.15, 0.2) is 0 Å². The molecule has 1 aromatic heterocycles. The summed E-state index contributed by atoms with van der Waals surface area (Å²) in [5, 5.41) is 8.81. The summed E-state index contributed by atoms with van der Waals surface area (Å²) in [5.74, 6) is 0. The molecule has 4 nitrogen and oxygen atoms in total. The Morgan fingerprint density at radius 1 is 1.14 bits per heavy atom. The zero-order valence-electron chi connectivity index (χ0n) is 11.3. The van der Waals surface area contributed by atoms with Crippen LogP contribution in [0.4, 0.5) is 0 Å². The number of hydrogen-bond acceptors (Lipinski definition) is 3.